The van der Waals surface area contributed by atoms with Gasteiger partial charge in [0.15, 0.2) is 0 Å². The lowest BCUT2D eigenvalue weighted by molar-refractivity contribution is -0.130. The zero-order chi connectivity index (χ0) is 15.4. The van der Waals surface area contributed by atoms with Crippen LogP contribution in [0.1, 0.15) is 50.4 Å². The molecule has 1 saturated heterocycles. The second-order valence-corrected chi connectivity index (χ2v) is 6.03. The molecule has 22 heavy (non-hydrogen) atoms. The van der Waals surface area contributed by atoms with Gasteiger partial charge in [0.1, 0.15) is 11.9 Å². The summed E-state index contributed by atoms with van der Waals surface area (Å²) in [5, 5.41) is 10.3. The summed E-state index contributed by atoms with van der Waals surface area (Å²) >= 11 is 0. The topological polar surface area (TPSA) is 62.9 Å². The fourth-order valence-electron chi connectivity index (χ4n) is 3.27. The lowest BCUT2D eigenvalue weighted by Gasteiger charge is -2.31. The van der Waals surface area contributed by atoms with Crippen molar-refractivity contribution in [3.63, 3.8) is 0 Å². The van der Waals surface area contributed by atoms with E-state index in [1.54, 1.807) is 24.7 Å². The molecule has 1 aromatic heterocycles. The minimum Gasteiger partial charge on any atom is -0.500 e. The highest BCUT2D eigenvalue weighted by Gasteiger charge is 2.31. The zero-order valence-corrected chi connectivity index (χ0v) is 12.7. The molecule has 0 spiro atoms. The highest BCUT2D eigenvalue weighted by molar-refractivity contribution is 5.93. The van der Waals surface area contributed by atoms with E-state index in [0.29, 0.717) is 25.2 Å². The summed E-state index contributed by atoms with van der Waals surface area (Å²) in [6, 6.07) is 3.60. The Balaban J connectivity index is 1.71. The second-order valence-electron chi connectivity index (χ2n) is 6.03. The Bertz CT molecular complexity index is 523. The van der Waals surface area contributed by atoms with Crippen LogP contribution in [-0.2, 0) is 9.53 Å². The van der Waals surface area contributed by atoms with E-state index in [0.717, 1.165) is 37.8 Å². The van der Waals surface area contributed by atoms with E-state index in [1.165, 1.54) is 0 Å². The largest absolute Gasteiger partial charge is 0.500 e. The van der Waals surface area contributed by atoms with Gasteiger partial charge in [-0.3, -0.25) is 4.79 Å². The molecule has 1 fully saturated rings. The molecule has 0 aromatic carbocycles. The Morgan fingerprint density at radius 1 is 1.41 bits per heavy atom. The number of carbonyl (C=O) groups is 1. The number of hydrogen-bond acceptors (Lipinski definition) is 4. The van der Waals surface area contributed by atoms with E-state index in [-0.39, 0.29) is 11.9 Å². The predicted octanol–water partition coefficient (Wildman–Crippen LogP) is 2.78. The van der Waals surface area contributed by atoms with Crippen molar-refractivity contribution in [2.45, 2.75) is 50.7 Å². The number of aliphatic hydroxyl groups excluding tert-OH is 1. The number of carbonyl (C=O) groups excluding carboxylic acids is 1. The van der Waals surface area contributed by atoms with Crippen molar-refractivity contribution in [1.29, 1.82) is 0 Å². The van der Waals surface area contributed by atoms with Crippen LogP contribution in [0.15, 0.2) is 34.6 Å². The molecular formula is C17H23NO4. The number of nitrogens with zero attached hydrogens (tertiary/aromatic N) is 1. The van der Waals surface area contributed by atoms with Crippen LogP contribution in [0.2, 0.25) is 0 Å². The van der Waals surface area contributed by atoms with Crippen molar-refractivity contribution in [1.82, 2.24) is 4.90 Å². The van der Waals surface area contributed by atoms with Crippen molar-refractivity contribution >= 4 is 5.91 Å². The van der Waals surface area contributed by atoms with Gasteiger partial charge in [-0.1, -0.05) is 12.8 Å². The molecule has 1 N–H and O–H groups in total. The van der Waals surface area contributed by atoms with E-state index in [2.05, 4.69) is 0 Å². The lowest BCUT2D eigenvalue weighted by atomic mass is 10.0. The Hall–Kier alpha value is -1.75. The van der Waals surface area contributed by atoms with Crippen LogP contribution in [0.25, 0.3) is 0 Å². The van der Waals surface area contributed by atoms with Crippen LogP contribution in [0, 0.1) is 0 Å². The van der Waals surface area contributed by atoms with Crippen LogP contribution < -0.4 is 0 Å². The summed E-state index contributed by atoms with van der Waals surface area (Å²) in [5.41, 5.74) is 0.749. The monoisotopic (exact) mass is 305 g/mol. The molecular weight excluding hydrogens is 282 g/mol. The second kappa shape index (κ2) is 7.01. The molecule has 5 heteroatoms. The highest BCUT2D eigenvalue weighted by atomic mass is 16.5. The minimum atomic E-state index is -0.665. The fourth-order valence-corrected chi connectivity index (χ4v) is 3.27. The van der Waals surface area contributed by atoms with Gasteiger partial charge in [-0.05, 0) is 25.0 Å². The molecule has 0 unspecified atom stereocenters. The highest BCUT2D eigenvalue weighted by Crippen LogP contribution is 2.28. The summed E-state index contributed by atoms with van der Waals surface area (Å²) in [6.45, 7) is 1.35. The van der Waals surface area contributed by atoms with Gasteiger partial charge in [-0.2, -0.15) is 0 Å². The molecule has 2 atom stereocenters. The van der Waals surface area contributed by atoms with Crippen molar-refractivity contribution in [3.8, 4) is 0 Å². The van der Waals surface area contributed by atoms with Gasteiger partial charge in [0.05, 0.1) is 24.7 Å². The maximum atomic E-state index is 12.7. The molecule has 0 aliphatic carbocycles. The molecule has 3 heterocycles. The maximum absolute atomic E-state index is 12.7. The molecule has 0 radical (unpaired) electrons. The Kier molecular flexibility index (Phi) is 4.83. The SMILES string of the molecule is O=C(C1=COCC1)N1CCCCC[C@H]1C[C@H](O)c1ccco1. The molecule has 3 rings (SSSR count). The quantitative estimate of drug-likeness (QED) is 0.929. The van der Waals surface area contributed by atoms with Crippen LogP contribution >= 0.6 is 0 Å². The van der Waals surface area contributed by atoms with Crippen LogP contribution in [0.3, 0.4) is 0 Å². The first-order chi connectivity index (χ1) is 10.8. The minimum absolute atomic E-state index is 0.0524. The van der Waals surface area contributed by atoms with Gasteiger partial charge >= 0.3 is 0 Å². The molecule has 0 saturated carbocycles. The standard InChI is InChI=1S/C17H23NO4/c19-15(16-6-4-9-22-16)11-14-5-2-1-3-8-18(14)17(20)13-7-10-21-12-13/h4,6,9,12,14-15,19H,1-3,5,7-8,10-11H2/t14-,15-/m0/s1. The number of ether oxygens (including phenoxy) is 1. The number of likely N-dealkylation sites (tertiary alicyclic amines) is 1. The first-order valence-corrected chi connectivity index (χ1v) is 8.09. The van der Waals surface area contributed by atoms with E-state index in [9.17, 15) is 9.90 Å². The summed E-state index contributed by atoms with van der Waals surface area (Å²) in [6.07, 6.45) is 7.87. The molecule has 1 aromatic rings. The predicted molar refractivity (Wildman–Crippen MR) is 80.9 cm³/mol. The number of rotatable bonds is 4. The molecule has 5 nitrogen and oxygen atoms in total. The Morgan fingerprint density at radius 3 is 3.05 bits per heavy atom. The third kappa shape index (κ3) is 3.35. The van der Waals surface area contributed by atoms with Crippen molar-refractivity contribution < 1.29 is 19.1 Å². The van der Waals surface area contributed by atoms with E-state index in [4.69, 9.17) is 9.15 Å². The Labute approximate surface area is 130 Å². The van der Waals surface area contributed by atoms with E-state index in [1.807, 2.05) is 4.90 Å². The van der Waals surface area contributed by atoms with Gasteiger partial charge in [-0.25, -0.2) is 0 Å². The average molecular weight is 305 g/mol. The summed E-state index contributed by atoms with van der Waals surface area (Å²) in [4.78, 5) is 14.6. The first-order valence-electron chi connectivity index (χ1n) is 8.09. The van der Waals surface area contributed by atoms with Crippen molar-refractivity contribution in [3.05, 3.63) is 36.0 Å². The number of hydrogen-bond donors (Lipinski definition) is 1. The van der Waals surface area contributed by atoms with Crippen LogP contribution in [0.4, 0.5) is 0 Å². The summed E-state index contributed by atoms with van der Waals surface area (Å²) in [7, 11) is 0. The van der Waals surface area contributed by atoms with Crippen molar-refractivity contribution in [2.24, 2.45) is 0 Å². The lowest BCUT2D eigenvalue weighted by Crippen LogP contribution is -2.41. The fraction of sp³-hybridized carbons (Fsp3) is 0.588. The zero-order valence-electron chi connectivity index (χ0n) is 12.7. The Morgan fingerprint density at radius 2 is 2.32 bits per heavy atom. The van der Waals surface area contributed by atoms with Gasteiger partial charge < -0.3 is 19.2 Å². The molecule has 2 aliphatic rings. The van der Waals surface area contributed by atoms with Crippen LogP contribution in [0.5, 0.6) is 0 Å². The van der Waals surface area contributed by atoms with Gasteiger partial charge in [0, 0.05) is 25.4 Å². The van der Waals surface area contributed by atoms with Gasteiger partial charge in [-0.15, -0.1) is 0 Å². The molecule has 2 aliphatic heterocycles. The number of aliphatic hydroxyl groups is 1. The third-order valence-corrected chi connectivity index (χ3v) is 4.49. The molecule has 120 valence electrons. The maximum Gasteiger partial charge on any atom is 0.253 e. The summed E-state index contributed by atoms with van der Waals surface area (Å²) < 4.78 is 10.5. The first kappa shape index (κ1) is 15.2. The average Bonchev–Trinajstić information content (AvgIpc) is 3.18. The van der Waals surface area contributed by atoms with Crippen molar-refractivity contribution in [2.75, 3.05) is 13.2 Å². The third-order valence-electron chi connectivity index (χ3n) is 4.49. The number of amides is 1. The van der Waals surface area contributed by atoms with Crippen LogP contribution in [-0.4, -0.2) is 35.1 Å². The molecule has 1 amide bonds. The normalized spacial score (nSPS) is 23.6. The van der Waals surface area contributed by atoms with Gasteiger partial charge in [0.2, 0.25) is 0 Å². The number of furan rings is 1. The smallest absolute Gasteiger partial charge is 0.253 e. The van der Waals surface area contributed by atoms with E-state index >= 15 is 0 Å². The van der Waals surface area contributed by atoms with Gasteiger partial charge in [0.25, 0.3) is 5.91 Å². The van der Waals surface area contributed by atoms with E-state index < -0.39 is 6.10 Å². The molecule has 0 bridgehead atoms. The summed E-state index contributed by atoms with van der Waals surface area (Å²) in [5.74, 6) is 0.635.